The smallest absolute Gasteiger partial charge is 0.290 e. The van der Waals surface area contributed by atoms with Crippen LogP contribution in [0.15, 0.2) is 69.9 Å². The Morgan fingerprint density at radius 1 is 0.949 bits per heavy atom. The van der Waals surface area contributed by atoms with Crippen LogP contribution in [-0.2, 0) is 6.42 Å². The second kappa shape index (κ2) is 10.8. The highest BCUT2D eigenvalue weighted by atomic mass is 19.1. The maximum atomic E-state index is 14.1. The van der Waals surface area contributed by atoms with Gasteiger partial charge in [0.1, 0.15) is 17.1 Å². The Balaban J connectivity index is 1.59. The van der Waals surface area contributed by atoms with Gasteiger partial charge in [0.15, 0.2) is 16.9 Å². The normalized spacial score (nSPS) is 14.7. The first-order valence-electron chi connectivity index (χ1n) is 12.8. The summed E-state index contributed by atoms with van der Waals surface area (Å²) in [5.41, 5.74) is 1.58. The van der Waals surface area contributed by atoms with Gasteiger partial charge in [-0.15, -0.1) is 0 Å². The van der Waals surface area contributed by atoms with Crippen molar-refractivity contribution in [2.45, 2.75) is 26.3 Å². The van der Waals surface area contributed by atoms with E-state index < -0.39 is 23.2 Å². The van der Waals surface area contributed by atoms with Crippen LogP contribution >= 0.6 is 0 Å². The Kier molecular flexibility index (Phi) is 7.28. The van der Waals surface area contributed by atoms with E-state index in [4.69, 9.17) is 18.6 Å². The van der Waals surface area contributed by atoms with Gasteiger partial charge in [-0.05, 0) is 65.9 Å². The molecule has 3 aromatic carbocycles. The topological polar surface area (TPSA) is 78.2 Å². The number of methoxy groups -OCH3 is 2. The third-order valence-electron chi connectivity index (χ3n) is 6.80. The van der Waals surface area contributed by atoms with Crippen LogP contribution in [0.3, 0.4) is 0 Å². The molecule has 39 heavy (non-hydrogen) atoms. The Bertz CT molecular complexity index is 1580. The SMILES string of the molecule is COc1ccc(CCN2C(=O)c3oc4ccc(F)cc4c(=O)c3C2c2ccc(OCC(C)C)c(OC)c2)cc1. The second-order valence-corrected chi connectivity index (χ2v) is 9.93. The highest BCUT2D eigenvalue weighted by molar-refractivity contribution is 5.99. The molecule has 1 aromatic heterocycles. The molecule has 0 saturated heterocycles. The predicted octanol–water partition coefficient (Wildman–Crippen LogP) is 5.77. The standard InChI is InChI=1S/C31H30FNO6/c1-18(2)17-38-25-11-7-20(15-26(25)37-4)28-27-29(34)23-16-21(32)8-12-24(23)39-30(27)31(35)33(28)14-13-19-5-9-22(36-3)10-6-19/h5-12,15-16,18,28H,13-14,17H2,1-4H3. The van der Waals surface area contributed by atoms with Gasteiger partial charge < -0.3 is 23.5 Å². The van der Waals surface area contributed by atoms with E-state index >= 15 is 0 Å². The second-order valence-electron chi connectivity index (χ2n) is 9.93. The predicted molar refractivity (Wildman–Crippen MR) is 145 cm³/mol. The van der Waals surface area contributed by atoms with E-state index in [1.807, 2.05) is 30.3 Å². The average Bonchev–Trinajstić information content (AvgIpc) is 3.22. The summed E-state index contributed by atoms with van der Waals surface area (Å²) < 4.78 is 36.8. The fraction of sp³-hybridized carbons (Fsp3) is 0.290. The summed E-state index contributed by atoms with van der Waals surface area (Å²) in [5.74, 6) is 1.13. The summed E-state index contributed by atoms with van der Waals surface area (Å²) in [4.78, 5) is 29.0. The first-order valence-corrected chi connectivity index (χ1v) is 12.8. The number of nitrogens with zero attached hydrogens (tertiary/aromatic N) is 1. The molecule has 202 valence electrons. The first kappa shape index (κ1) is 26.3. The van der Waals surface area contributed by atoms with Gasteiger partial charge >= 0.3 is 0 Å². The van der Waals surface area contributed by atoms with Crippen LogP contribution in [0.2, 0.25) is 0 Å². The third-order valence-corrected chi connectivity index (χ3v) is 6.80. The molecule has 0 saturated carbocycles. The van der Waals surface area contributed by atoms with Crippen molar-refractivity contribution >= 4 is 16.9 Å². The Hall–Kier alpha value is -4.33. The van der Waals surface area contributed by atoms with Gasteiger partial charge in [-0.1, -0.05) is 32.0 Å². The number of ether oxygens (including phenoxy) is 3. The van der Waals surface area contributed by atoms with Crippen molar-refractivity contribution in [3.05, 3.63) is 99.2 Å². The van der Waals surface area contributed by atoms with Gasteiger partial charge in [-0.3, -0.25) is 9.59 Å². The lowest BCUT2D eigenvalue weighted by Crippen LogP contribution is -2.31. The Labute approximate surface area is 225 Å². The average molecular weight is 532 g/mol. The van der Waals surface area contributed by atoms with E-state index in [1.54, 1.807) is 31.3 Å². The minimum atomic E-state index is -0.747. The molecule has 1 atom stereocenters. The van der Waals surface area contributed by atoms with Crippen molar-refractivity contribution in [1.29, 1.82) is 0 Å². The summed E-state index contributed by atoms with van der Waals surface area (Å²) in [7, 11) is 3.15. The van der Waals surface area contributed by atoms with Crippen LogP contribution in [0.5, 0.6) is 17.2 Å². The number of rotatable bonds is 9. The van der Waals surface area contributed by atoms with E-state index in [-0.39, 0.29) is 22.3 Å². The molecule has 8 heteroatoms. The molecule has 0 bridgehead atoms. The van der Waals surface area contributed by atoms with Crippen molar-refractivity contribution in [1.82, 2.24) is 4.90 Å². The minimum absolute atomic E-state index is 0.0297. The van der Waals surface area contributed by atoms with Gasteiger partial charge in [0.25, 0.3) is 5.91 Å². The summed E-state index contributed by atoms with van der Waals surface area (Å²) >= 11 is 0. The maximum absolute atomic E-state index is 14.1. The zero-order valence-electron chi connectivity index (χ0n) is 22.3. The van der Waals surface area contributed by atoms with E-state index in [0.717, 1.165) is 17.4 Å². The molecular weight excluding hydrogens is 501 g/mol. The molecule has 0 spiro atoms. The molecule has 1 aliphatic rings. The van der Waals surface area contributed by atoms with Gasteiger partial charge in [-0.2, -0.15) is 0 Å². The molecule has 0 N–H and O–H groups in total. The Morgan fingerprint density at radius 2 is 1.72 bits per heavy atom. The van der Waals surface area contributed by atoms with Gasteiger partial charge in [0.2, 0.25) is 5.76 Å². The number of carbonyl (C=O) groups excluding carboxylic acids is 1. The number of carbonyl (C=O) groups is 1. The fourth-order valence-electron chi connectivity index (χ4n) is 4.84. The van der Waals surface area contributed by atoms with Crippen molar-refractivity contribution < 1.29 is 27.8 Å². The summed E-state index contributed by atoms with van der Waals surface area (Å²) in [6.45, 7) is 4.93. The number of fused-ring (bicyclic) bond motifs is 2. The monoisotopic (exact) mass is 531 g/mol. The zero-order chi connectivity index (χ0) is 27.7. The number of amides is 1. The van der Waals surface area contributed by atoms with Crippen molar-refractivity contribution in [3.63, 3.8) is 0 Å². The molecule has 1 unspecified atom stereocenters. The van der Waals surface area contributed by atoms with Gasteiger partial charge in [0, 0.05) is 6.54 Å². The summed E-state index contributed by atoms with van der Waals surface area (Å²) in [6, 6.07) is 15.9. The van der Waals surface area contributed by atoms with Crippen LogP contribution in [0.4, 0.5) is 4.39 Å². The molecule has 0 aliphatic carbocycles. The van der Waals surface area contributed by atoms with Crippen LogP contribution in [0.25, 0.3) is 11.0 Å². The fourth-order valence-corrected chi connectivity index (χ4v) is 4.84. The number of hydrogen-bond acceptors (Lipinski definition) is 6. The first-order chi connectivity index (χ1) is 18.8. The van der Waals surface area contributed by atoms with Gasteiger partial charge in [0.05, 0.1) is 37.8 Å². The quantitative estimate of drug-likeness (QED) is 0.273. The maximum Gasteiger partial charge on any atom is 0.290 e. The van der Waals surface area contributed by atoms with Crippen LogP contribution in [0.1, 0.15) is 47.1 Å². The Morgan fingerprint density at radius 3 is 2.41 bits per heavy atom. The molecule has 0 fully saturated rings. The van der Waals surface area contributed by atoms with Crippen molar-refractivity contribution in [2.24, 2.45) is 5.92 Å². The van der Waals surface area contributed by atoms with Crippen molar-refractivity contribution in [2.75, 3.05) is 27.4 Å². The largest absolute Gasteiger partial charge is 0.497 e. The van der Waals surface area contributed by atoms with E-state index in [9.17, 15) is 14.0 Å². The highest BCUT2D eigenvalue weighted by Crippen LogP contribution is 2.41. The lowest BCUT2D eigenvalue weighted by molar-refractivity contribution is 0.0730. The van der Waals surface area contributed by atoms with Crippen LogP contribution < -0.4 is 19.6 Å². The van der Waals surface area contributed by atoms with E-state index in [1.165, 1.54) is 12.1 Å². The van der Waals surface area contributed by atoms with Crippen molar-refractivity contribution in [3.8, 4) is 17.2 Å². The molecule has 5 rings (SSSR count). The van der Waals surface area contributed by atoms with Crippen LogP contribution in [-0.4, -0.2) is 38.2 Å². The molecular formula is C31H30FNO6. The highest BCUT2D eigenvalue weighted by Gasteiger charge is 2.42. The molecule has 4 aromatic rings. The lowest BCUT2D eigenvalue weighted by Gasteiger charge is -2.26. The summed E-state index contributed by atoms with van der Waals surface area (Å²) in [6.07, 6.45) is 0.537. The molecule has 1 amide bonds. The molecule has 2 heterocycles. The number of halogens is 1. The summed E-state index contributed by atoms with van der Waals surface area (Å²) in [5, 5.41) is 0.0902. The molecule has 0 radical (unpaired) electrons. The lowest BCUT2D eigenvalue weighted by atomic mass is 9.97. The van der Waals surface area contributed by atoms with Gasteiger partial charge in [-0.25, -0.2) is 4.39 Å². The van der Waals surface area contributed by atoms with E-state index in [2.05, 4.69) is 13.8 Å². The zero-order valence-corrected chi connectivity index (χ0v) is 22.3. The number of hydrogen-bond donors (Lipinski definition) is 0. The molecule has 7 nitrogen and oxygen atoms in total. The number of benzene rings is 3. The molecule has 1 aliphatic heterocycles. The van der Waals surface area contributed by atoms with E-state index in [0.29, 0.717) is 42.6 Å². The minimum Gasteiger partial charge on any atom is -0.497 e. The third kappa shape index (κ3) is 5.06. The van der Waals surface area contributed by atoms with Crippen LogP contribution in [0, 0.1) is 11.7 Å².